The van der Waals surface area contributed by atoms with E-state index in [2.05, 4.69) is 0 Å². The first-order valence-corrected chi connectivity index (χ1v) is 10.8. The molecule has 0 atom stereocenters. The highest BCUT2D eigenvalue weighted by Gasteiger charge is 2.38. The van der Waals surface area contributed by atoms with Gasteiger partial charge in [0, 0.05) is 15.8 Å². The Morgan fingerprint density at radius 3 is 1.73 bits per heavy atom. The van der Waals surface area contributed by atoms with E-state index in [9.17, 15) is 9.59 Å². The molecular formula is C27H16ClNO4. The highest BCUT2D eigenvalue weighted by Crippen LogP contribution is 2.35. The van der Waals surface area contributed by atoms with Crippen LogP contribution in [0, 0.1) is 6.92 Å². The smallest absolute Gasteiger partial charge is 0.266 e. The van der Waals surface area contributed by atoms with Gasteiger partial charge < -0.3 is 8.83 Å². The highest BCUT2D eigenvalue weighted by atomic mass is 35.5. The zero-order chi connectivity index (χ0) is 22.7. The van der Waals surface area contributed by atoms with Crippen molar-refractivity contribution in [3.05, 3.63) is 101 Å². The van der Waals surface area contributed by atoms with Crippen LogP contribution >= 0.6 is 11.6 Å². The van der Waals surface area contributed by atoms with Crippen LogP contribution in [0.1, 0.15) is 26.3 Å². The van der Waals surface area contributed by atoms with Crippen LogP contribution in [0.4, 0.5) is 5.69 Å². The number of nitrogens with zero attached hydrogens (tertiary/aromatic N) is 1. The van der Waals surface area contributed by atoms with Gasteiger partial charge in [-0.15, -0.1) is 0 Å². The third-order valence-electron chi connectivity index (χ3n) is 5.87. The number of rotatable bonds is 1. The number of carbonyl (C=O) groups excluding carboxylic acids is 2. The van der Waals surface area contributed by atoms with E-state index in [0.29, 0.717) is 33.0 Å². The molecular weight excluding hydrogens is 438 g/mol. The van der Waals surface area contributed by atoms with Gasteiger partial charge in [0.25, 0.3) is 11.8 Å². The van der Waals surface area contributed by atoms with E-state index in [4.69, 9.17) is 20.4 Å². The summed E-state index contributed by atoms with van der Waals surface area (Å²) in [4.78, 5) is 27.8. The van der Waals surface area contributed by atoms with E-state index in [1.54, 1.807) is 30.3 Å². The number of aryl methyl sites for hydroxylation is 1. The molecule has 6 rings (SSSR count). The molecule has 6 heteroatoms. The van der Waals surface area contributed by atoms with Crippen LogP contribution in [0.25, 0.3) is 33.1 Å². The number of hydrogen-bond acceptors (Lipinski definition) is 4. The molecule has 2 amide bonds. The topological polar surface area (TPSA) is 63.7 Å². The van der Waals surface area contributed by atoms with E-state index in [0.717, 1.165) is 21.2 Å². The summed E-state index contributed by atoms with van der Waals surface area (Å²) >= 11 is 6.15. The van der Waals surface area contributed by atoms with Crippen LogP contribution in [0.3, 0.4) is 0 Å². The molecule has 0 fully saturated rings. The molecule has 1 aliphatic heterocycles. The standard InChI is InChI=1S/C27H16ClNO4/c1-15-10-11-16(28)12-21(15)29-26(30)19-13-24-25(14-20(19)27(29)31)33-23-9-5-3-7-18(23)17-6-2-4-8-22(17)32-24/h2-14H,1H3. The van der Waals surface area contributed by atoms with Crippen LogP contribution < -0.4 is 4.90 Å². The average molecular weight is 454 g/mol. The monoisotopic (exact) mass is 453 g/mol. The van der Waals surface area contributed by atoms with Crippen molar-refractivity contribution in [2.75, 3.05) is 4.90 Å². The number of anilines is 1. The van der Waals surface area contributed by atoms with Crippen LogP contribution in [0.2, 0.25) is 5.02 Å². The van der Waals surface area contributed by atoms with Crippen molar-refractivity contribution in [1.29, 1.82) is 0 Å². The van der Waals surface area contributed by atoms with E-state index in [1.165, 1.54) is 0 Å². The lowest BCUT2D eigenvalue weighted by atomic mass is 10.1. The number of fused-ring (bicyclic) bond motifs is 5. The molecule has 0 radical (unpaired) electrons. The number of halogens is 1. The highest BCUT2D eigenvalue weighted by molar-refractivity contribution is 6.36. The number of amides is 2. The van der Waals surface area contributed by atoms with Crippen molar-refractivity contribution in [1.82, 2.24) is 0 Å². The van der Waals surface area contributed by atoms with Crippen molar-refractivity contribution < 1.29 is 18.4 Å². The molecule has 160 valence electrons. The second-order valence-electron chi connectivity index (χ2n) is 7.92. The third kappa shape index (κ3) is 3.01. The number of benzene rings is 4. The quantitative estimate of drug-likeness (QED) is 0.251. The van der Waals surface area contributed by atoms with Gasteiger partial charge in [0.1, 0.15) is 11.2 Å². The van der Waals surface area contributed by atoms with Crippen LogP contribution in [0.15, 0.2) is 87.7 Å². The first-order valence-electron chi connectivity index (χ1n) is 10.4. The zero-order valence-electron chi connectivity index (χ0n) is 17.5. The summed E-state index contributed by atoms with van der Waals surface area (Å²) in [5.74, 6) is -0.856. The fourth-order valence-corrected chi connectivity index (χ4v) is 4.41. The van der Waals surface area contributed by atoms with Crippen molar-refractivity contribution in [2.45, 2.75) is 6.92 Å². The second-order valence-corrected chi connectivity index (χ2v) is 8.35. The Bertz CT molecular complexity index is 1590. The fraction of sp³-hybridized carbons (Fsp3) is 0.0370. The van der Waals surface area contributed by atoms with E-state index < -0.39 is 11.8 Å². The van der Waals surface area contributed by atoms with Gasteiger partial charge >= 0.3 is 0 Å². The maximum atomic E-state index is 13.3. The van der Waals surface area contributed by atoms with Crippen LogP contribution in [0.5, 0.6) is 0 Å². The molecule has 1 aromatic heterocycles. The lowest BCUT2D eigenvalue weighted by Gasteiger charge is -2.16. The molecule has 5 nitrogen and oxygen atoms in total. The summed E-state index contributed by atoms with van der Waals surface area (Å²) in [6.45, 7) is 1.83. The van der Waals surface area contributed by atoms with Gasteiger partial charge in [-0.05, 0) is 48.9 Å². The lowest BCUT2D eigenvalue weighted by molar-refractivity contribution is 0.0926. The predicted molar refractivity (Wildman–Crippen MR) is 128 cm³/mol. The maximum absolute atomic E-state index is 13.3. The Morgan fingerprint density at radius 2 is 1.18 bits per heavy atom. The molecule has 0 bridgehead atoms. The molecule has 0 saturated heterocycles. The minimum Gasteiger partial charge on any atom is -0.453 e. The Hall–Kier alpha value is -4.09. The minimum absolute atomic E-state index is 0.257. The Labute approximate surface area is 193 Å². The minimum atomic E-state index is -0.428. The summed E-state index contributed by atoms with van der Waals surface area (Å²) in [5.41, 5.74) is 3.73. The van der Waals surface area contributed by atoms with Gasteiger partial charge in [0.15, 0.2) is 11.2 Å². The lowest BCUT2D eigenvalue weighted by Crippen LogP contribution is -2.30. The Kier molecular flexibility index (Phi) is 4.28. The second kappa shape index (κ2) is 7.22. The largest absolute Gasteiger partial charge is 0.453 e. The molecule has 0 aliphatic carbocycles. The SMILES string of the molecule is Cc1ccc(Cl)cc1N1C(=O)c2cc3oc4ccccc4c4ccccc4oc3cc2C1=O. The Balaban J connectivity index is 1.66. The van der Waals surface area contributed by atoms with Gasteiger partial charge in [-0.3, -0.25) is 9.59 Å². The summed E-state index contributed by atoms with van der Waals surface area (Å²) in [5, 5.41) is 2.19. The zero-order valence-corrected chi connectivity index (χ0v) is 18.2. The van der Waals surface area contributed by atoms with Gasteiger partial charge in [-0.1, -0.05) is 54.1 Å². The van der Waals surface area contributed by atoms with E-state index in [-0.39, 0.29) is 11.1 Å². The molecule has 0 N–H and O–H groups in total. The van der Waals surface area contributed by atoms with Gasteiger partial charge in [0.2, 0.25) is 0 Å². The van der Waals surface area contributed by atoms with Gasteiger partial charge in [-0.2, -0.15) is 0 Å². The van der Waals surface area contributed by atoms with Crippen molar-refractivity contribution in [2.24, 2.45) is 0 Å². The molecule has 0 unspecified atom stereocenters. The number of imide groups is 1. The maximum Gasteiger partial charge on any atom is 0.266 e. The van der Waals surface area contributed by atoms with Gasteiger partial charge in [-0.25, -0.2) is 4.90 Å². The van der Waals surface area contributed by atoms with Crippen molar-refractivity contribution in [3.8, 4) is 0 Å². The molecule has 0 spiro atoms. The predicted octanol–water partition coefficient (Wildman–Crippen LogP) is 7.22. The summed E-state index contributed by atoms with van der Waals surface area (Å²) in [6, 6.07) is 23.5. The van der Waals surface area contributed by atoms with Crippen molar-refractivity contribution in [3.63, 3.8) is 0 Å². The average Bonchev–Trinajstić information content (AvgIpc) is 3.04. The molecule has 33 heavy (non-hydrogen) atoms. The Morgan fingerprint density at radius 1 is 0.667 bits per heavy atom. The molecule has 2 heterocycles. The molecule has 5 aromatic rings. The first kappa shape index (κ1) is 19.6. The van der Waals surface area contributed by atoms with Gasteiger partial charge in [0.05, 0.1) is 16.8 Å². The van der Waals surface area contributed by atoms with E-state index in [1.807, 2.05) is 55.5 Å². The number of hydrogen-bond donors (Lipinski definition) is 0. The van der Waals surface area contributed by atoms with Crippen molar-refractivity contribution >= 4 is 62.2 Å². The number of carbonyl (C=O) groups is 2. The van der Waals surface area contributed by atoms with E-state index >= 15 is 0 Å². The van der Waals surface area contributed by atoms with Crippen LogP contribution in [-0.4, -0.2) is 11.8 Å². The summed E-state index contributed by atoms with van der Waals surface area (Å²) in [6.07, 6.45) is 0. The molecule has 1 aliphatic rings. The first-order chi connectivity index (χ1) is 16.0. The summed E-state index contributed by atoms with van der Waals surface area (Å²) < 4.78 is 12.4. The number of para-hydroxylation sites is 2. The molecule has 0 saturated carbocycles. The fourth-order valence-electron chi connectivity index (χ4n) is 4.24. The normalized spacial score (nSPS) is 13.2. The third-order valence-corrected chi connectivity index (χ3v) is 6.10. The van der Waals surface area contributed by atoms with Crippen LogP contribution in [-0.2, 0) is 0 Å². The summed E-state index contributed by atoms with van der Waals surface area (Å²) in [7, 11) is 0. The molecule has 4 aromatic carbocycles.